The van der Waals surface area contributed by atoms with Crippen molar-refractivity contribution in [1.82, 2.24) is 9.97 Å². The van der Waals surface area contributed by atoms with E-state index in [1.54, 1.807) is 0 Å². The minimum Gasteiger partial charge on any atom is -0.378 e. The van der Waals surface area contributed by atoms with Gasteiger partial charge < -0.3 is 15.5 Å². The summed E-state index contributed by atoms with van der Waals surface area (Å²) in [6, 6.07) is 2.28. The SMILES string of the molecule is CC1CC(Nc2cc(NN)nc(C3CC3)n2)CCO1. The zero-order chi connectivity index (χ0) is 13.2. The number of anilines is 2. The molecule has 0 spiro atoms. The molecule has 2 heterocycles. The first-order valence-electron chi connectivity index (χ1n) is 6.98. The maximum atomic E-state index is 5.56. The fourth-order valence-electron chi connectivity index (χ4n) is 2.48. The van der Waals surface area contributed by atoms with Crippen molar-refractivity contribution >= 4 is 11.6 Å². The standard InChI is InChI=1S/C13H21N5O/c1-8-6-10(4-5-19-8)15-11-7-12(18-14)17-13(16-11)9-2-3-9/h7-10H,2-6,14H2,1H3,(H2,15,16,17,18). The van der Waals surface area contributed by atoms with Crippen LogP contribution in [-0.2, 0) is 4.74 Å². The predicted molar refractivity (Wildman–Crippen MR) is 73.9 cm³/mol. The fourth-order valence-corrected chi connectivity index (χ4v) is 2.48. The maximum Gasteiger partial charge on any atom is 0.145 e. The second kappa shape index (κ2) is 5.30. The summed E-state index contributed by atoms with van der Waals surface area (Å²) in [5.74, 6) is 8.44. The van der Waals surface area contributed by atoms with E-state index in [1.807, 2.05) is 6.07 Å². The van der Waals surface area contributed by atoms with E-state index in [9.17, 15) is 0 Å². The molecule has 1 saturated carbocycles. The molecule has 4 N–H and O–H groups in total. The van der Waals surface area contributed by atoms with Gasteiger partial charge in [0.2, 0.25) is 0 Å². The zero-order valence-corrected chi connectivity index (χ0v) is 11.2. The van der Waals surface area contributed by atoms with Gasteiger partial charge in [0.05, 0.1) is 6.10 Å². The average Bonchev–Trinajstić information content (AvgIpc) is 3.22. The van der Waals surface area contributed by atoms with Crippen LogP contribution in [0.2, 0.25) is 0 Å². The number of rotatable bonds is 4. The topological polar surface area (TPSA) is 85.1 Å². The monoisotopic (exact) mass is 263 g/mol. The number of nitrogens with one attached hydrogen (secondary N) is 2. The third kappa shape index (κ3) is 3.13. The smallest absolute Gasteiger partial charge is 0.145 e. The highest BCUT2D eigenvalue weighted by Gasteiger charge is 2.28. The van der Waals surface area contributed by atoms with Gasteiger partial charge in [-0.25, -0.2) is 15.8 Å². The molecule has 1 saturated heterocycles. The van der Waals surface area contributed by atoms with Gasteiger partial charge in [0.1, 0.15) is 17.5 Å². The Morgan fingerprint density at radius 3 is 2.74 bits per heavy atom. The molecule has 104 valence electrons. The van der Waals surface area contributed by atoms with Crippen LogP contribution in [0.25, 0.3) is 0 Å². The highest BCUT2D eigenvalue weighted by atomic mass is 16.5. The van der Waals surface area contributed by atoms with Gasteiger partial charge in [-0.15, -0.1) is 0 Å². The summed E-state index contributed by atoms with van der Waals surface area (Å²) in [7, 11) is 0. The van der Waals surface area contributed by atoms with Crippen LogP contribution in [0.1, 0.15) is 44.3 Å². The Labute approximate surface area is 113 Å². The number of hydrogen-bond donors (Lipinski definition) is 3. The van der Waals surface area contributed by atoms with Crippen LogP contribution < -0.4 is 16.6 Å². The van der Waals surface area contributed by atoms with Crippen LogP contribution in [0.5, 0.6) is 0 Å². The van der Waals surface area contributed by atoms with E-state index in [0.717, 1.165) is 31.1 Å². The summed E-state index contributed by atoms with van der Waals surface area (Å²) in [6.07, 6.45) is 4.69. The van der Waals surface area contributed by atoms with Crippen molar-refractivity contribution in [3.05, 3.63) is 11.9 Å². The molecule has 6 heteroatoms. The summed E-state index contributed by atoms with van der Waals surface area (Å²) >= 11 is 0. The molecule has 3 rings (SSSR count). The lowest BCUT2D eigenvalue weighted by Crippen LogP contribution is -2.32. The van der Waals surface area contributed by atoms with Crippen molar-refractivity contribution in [1.29, 1.82) is 0 Å². The van der Waals surface area contributed by atoms with Crippen molar-refractivity contribution in [3.63, 3.8) is 0 Å². The lowest BCUT2D eigenvalue weighted by atomic mass is 10.0. The Morgan fingerprint density at radius 1 is 1.26 bits per heavy atom. The minimum absolute atomic E-state index is 0.308. The number of aromatic nitrogens is 2. The number of nitrogen functional groups attached to an aromatic ring is 1. The first-order valence-corrected chi connectivity index (χ1v) is 6.98. The van der Waals surface area contributed by atoms with Gasteiger partial charge in [0.15, 0.2) is 0 Å². The molecule has 0 amide bonds. The molecule has 0 aromatic carbocycles. The van der Waals surface area contributed by atoms with Crippen LogP contribution in [0.15, 0.2) is 6.07 Å². The zero-order valence-electron chi connectivity index (χ0n) is 11.2. The van der Waals surface area contributed by atoms with Gasteiger partial charge >= 0.3 is 0 Å². The van der Waals surface area contributed by atoms with Gasteiger partial charge in [-0.05, 0) is 32.6 Å². The third-order valence-corrected chi connectivity index (χ3v) is 3.67. The van der Waals surface area contributed by atoms with Crippen LogP contribution >= 0.6 is 0 Å². The lowest BCUT2D eigenvalue weighted by Gasteiger charge is -2.28. The minimum atomic E-state index is 0.308. The molecule has 1 aromatic rings. The van der Waals surface area contributed by atoms with Gasteiger partial charge in [-0.1, -0.05) is 0 Å². The second-order valence-corrected chi connectivity index (χ2v) is 5.46. The van der Waals surface area contributed by atoms with Gasteiger partial charge in [-0.3, -0.25) is 0 Å². The van der Waals surface area contributed by atoms with Gasteiger partial charge in [-0.2, -0.15) is 0 Å². The Kier molecular flexibility index (Phi) is 3.52. The molecule has 0 bridgehead atoms. The molecule has 1 aliphatic heterocycles. The number of hydrazine groups is 1. The quantitative estimate of drug-likeness (QED) is 0.565. The Hall–Kier alpha value is -1.40. The molecule has 2 fully saturated rings. The number of nitrogens with two attached hydrogens (primary N) is 1. The summed E-state index contributed by atoms with van der Waals surface area (Å²) in [5.41, 5.74) is 2.62. The van der Waals surface area contributed by atoms with E-state index in [0.29, 0.717) is 23.9 Å². The van der Waals surface area contributed by atoms with Crippen LogP contribution in [0, 0.1) is 0 Å². The van der Waals surface area contributed by atoms with Gasteiger partial charge in [0, 0.05) is 24.6 Å². The molecule has 1 aromatic heterocycles. The Balaban J connectivity index is 1.73. The summed E-state index contributed by atoms with van der Waals surface area (Å²) in [5, 5.41) is 3.48. The largest absolute Gasteiger partial charge is 0.378 e. The normalized spacial score (nSPS) is 27.1. The van der Waals surface area contributed by atoms with Crippen molar-refractivity contribution in [2.75, 3.05) is 17.3 Å². The molecule has 2 unspecified atom stereocenters. The first kappa shape index (κ1) is 12.6. The fraction of sp³-hybridized carbons (Fsp3) is 0.692. The van der Waals surface area contributed by atoms with E-state index in [2.05, 4.69) is 27.6 Å². The second-order valence-electron chi connectivity index (χ2n) is 5.46. The molecule has 0 radical (unpaired) electrons. The summed E-state index contributed by atoms with van der Waals surface area (Å²) in [4.78, 5) is 9.01. The van der Waals surface area contributed by atoms with E-state index in [1.165, 1.54) is 12.8 Å². The molecule has 6 nitrogen and oxygen atoms in total. The predicted octanol–water partition coefficient (Wildman–Crippen LogP) is 1.62. The molecule has 2 atom stereocenters. The molecular formula is C13H21N5O. The molecular weight excluding hydrogens is 242 g/mol. The Morgan fingerprint density at radius 2 is 2.05 bits per heavy atom. The van der Waals surface area contributed by atoms with Crippen molar-refractivity contribution in [2.45, 2.75) is 50.7 Å². The third-order valence-electron chi connectivity index (χ3n) is 3.67. The van der Waals surface area contributed by atoms with Crippen LogP contribution in [0.4, 0.5) is 11.6 Å². The number of nitrogens with zero attached hydrogens (tertiary/aromatic N) is 2. The van der Waals surface area contributed by atoms with Crippen molar-refractivity contribution in [2.24, 2.45) is 5.84 Å². The molecule has 19 heavy (non-hydrogen) atoms. The van der Waals surface area contributed by atoms with E-state index >= 15 is 0 Å². The molecule has 2 aliphatic rings. The molecule has 1 aliphatic carbocycles. The summed E-state index contributed by atoms with van der Waals surface area (Å²) in [6.45, 7) is 2.91. The van der Waals surface area contributed by atoms with Crippen LogP contribution in [-0.4, -0.2) is 28.7 Å². The van der Waals surface area contributed by atoms with Crippen molar-refractivity contribution in [3.8, 4) is 0 Å². The number of ether oxygens (including phenoxy) is 1. The van der Waals surface area contributed by atoms with Crippen LogP contribution in [0.3, 0.4) is 0 Å². The first-order chi connectivity index (χ1) is 9.24. The average molecular weight is 263 g/mol. The van der Waals surface area contributed by atoms with E-state index < -0.39 is 0 Å². The van der Waals surface area contributed by atoms with E-state index in [4.69, 9.17) is 10.6 Å². The van der Waals surface area contributed by atoms with Gasteiger partial charge in [0.25, 0.3) is 0 Å². The lowest BCUT2D eigenvalue weighted by molar-refractivity contribution is 0.0232. The maximum absolute atomic E-state index is 5.56. The number of hydrogen-bond acceptors (Lipinski definition) is 6. The highest BCUT2D eigenvalue weighted by molar-refractivity contribution is 5.48. The summed E-state index contributed by atoms with van der Waals surface area (Å²) < 4.78 is 5.56. The highest BCUT2D eigenvalue weighted by Crippen LogP contribution is 2.38. The van der Waals surface area contributed by atoms with Crippen molar-refractivity contribution < 1.29 is 4.74 Å². The van der Waals surface area contributed by atoms with E-state index in [-0.39, 0.29) is 0 Å². The Bertz CT molecular complexity index is 449.